The van der Waals surface area contributed by atoms with E-state index in [0.717, 1.165) is 28.3 Å². The highest BCUT2D eigenvalue weighted by molar-refractivity contribution is 6.55. The van der Waals surface area contributed by atoms with E-state index in [1.54, 1.807) is 6.08 Å². The van der Waals surface area contributed by atoms with Crippen LogP contribution in [0.25, 0.3) is 0 Å². The van der Waals surface area contributed by atoms with Crippen molar-refractivity contribution in [3.63, 3.8) is 0 Å². The van der Waals surface area contributed by atoms with E-state index in [9.17, 15) is 0 Å². The van der Waals surface area contributed by atoms with Gasteiger partial charge in [-0.25, -0.2) is 0 Å². The minimum atomic E-state index is 0.197. The first-order chi connectivity index (χ1) is 12.2. The van der Waals surface area contributed by atoms with Crippen molar-refractivity contribution < 1.29 is 14.3 Å². The Morgan fingerprint density at radius 2 is 1.58 bits per heavy atom. The molecule has 0 aliphatic rings. The Hall–Kier alpha value is -1.39. The number of hydrogen-bond acceptors (Lipinski definition) is 4. The van der Waals surface area contributed by atoms with Gasteiger partial charge in [0.05, 0.1) is 5.71 Å². The van der Waals surface area contributed by atoms with E-state index in [0.29, 0.717) is 19.8 Å². The average Bonchev–Trinajstić information content (AvgIpc) is 2.53. The Bertz CT molecular complexity index is 603. The van der Waals surface area contributed by atoms with Gasteiger partial charge in [-0.1, -0.05) is 56.1 Å². The molecule has 146 valence electrons. The third kappa shape index (κ3) is 7.88. The molecule has 26 heavy (non-hydrogen) atoms. The lowest BCUT2D eigenvalue weighted by molar-refractivity contribution is 0.106. The number of nitrogens with zero attached hydrogens (tertiary/aromatic N) is 1. The van der Waals surface area contributed by atoms with E-state index in [-0.39, 0.29) is 16.3 Å². The molecule has 0 fully saturated rings. The molecule has 0 N–H and O–H groups in total. The van der Waals surface area contributed by atoms with Crippen LogP contribution < -0.4 is 9.47 Å². The van der Waals surface area contributed by atoms with E-state index in [1.807, 2.05) is 26.0 Å². The van der Waals surface area contributed by atoms with E-state index in [2.05, 4.69) is 32.9 Å². The molecule has 4 nitrogen and oxygen atoms in total. The molecule has 6 heteroatoms. The third-order valence-corrected chi connectivity index (χ3v) is 3.83. The van der Waals surface area contributed by atoms with Gasteiger partial charge in [0.15, 0.2) is 6.61 Å². The fourth-order valence-electron chi connectivity index (χ4n) is 2.31. The highest BCUT2D eigenvalue weighted by Gasteiger charge is 2.18. The summed E-state index contributed by atoms with van der Waals surface area (Å²) in [4.78, 5) is 5.22. The predicted octanol–water partition coefficient (Wildman–Crippen LogP) is 6.42. The van der Waals surface area contributed by atoms with Gasteiger partial charge in [0.1, 0.15) is 29.2 Å². The number of oxime groups is 1. The molecule has 1 rings (SSSR count). The van der Waals surface area contributed by atoms with Gasteiger partial charge in [0.25, 0.3) is 0 Å². The Balaban J connectivity index is 3.02. The highest BCUT2D eigenvalue weighted by Crippen LogP contribution is 2.38. The van der Waals surface area contributed by atoms with Crippen LogP contribution in [0.4, 0.5) is 0 Å². The van der Waals surface area contributed by atoms with Gasteiger partial charge in [-0.05, 0) is 43.9 Å². The maximum absolute atomic E-state index is 6.07. The number of ether oxygens (including phenoxy) is 2. The highest BCUT2D eigenvalue weighted by atomic mass is 35.5. The van der Waals surface area contributed by atoms with Gasteiger partial charge in [-0.3, -0.25) is 0 Å². The van der Waals surface area contributed by atoms with E-state index in [4.69, 9.17) is 37.5 Å². The first kappa shape index (κ1) is 22.7. The van der Waals surface area contributed by atoms with Crippen molar-refractivity contribution in [1.29, 1.82) is 0 Å². The standard InChI is InChI=1S/C20H29Cl2NO3/c1-13(2)17-11-16(24-8-7-19(21)22)12-18(14(3)4)20(17)25-9-10-26-23-15(5)6/h7,11-14H,8-10H2,1-6H3. The Morgan fingerprint density at radius 3 is 2.04 bits per heavy atom. The van der Waals surface area contributed by atoms with Crippen molar-refractivity contribution in [2.45, 2.75) is 53.4 Å². The average molecular weight is 402 g/mol. The number of rotatable bonds is 10. The summed E-state index contributed by atoms with van der Waals surface area (Å²) in [7, 11) is 0. The normalized spacial score (nSPS) is 10.7. The van der Waals surface area contributed by atoms with Crippen molar-refractivity contribution >= 4 is 28.9 Å². The van der Waals surface area contributed by atoms with Crippen molar-refractivity contribution in [1.82, 2.24) is 0 Å². The molecule has 0 saturated carbocycles. The second kappa shape index (κ2) is 11.3. The van der Waals surface area contributed by atoms with Crippen LogP contribution in [0, 0.1) is 0 Å². The Morgan fingerprint density at radius 1 is 1.00 bits per heavy atom. The summed E-state index contributed by atoms with van der Waals surface area (Å²) in [5, 5.41) is 3.92. The van der Waals surface area contributed by atoms with Gasteiger partial charge in [-0.2, -0.15) is 0 Å². The fraction of sp³-hybridized carbons (Fsp3) is 0.550. The van der Waals surface area contributed by atoms with Crippen LogP contribution in [0.5, 0.6) is 11.5 Å². The SMILES string of the molecule is CC(C)=NOCCOc1c(C(C)C)cc(OCC=C(Cl)Cl)cc1C(C)C. The largest absolute Gasteiger partial charge is 0.489 e. The monoisotopic (exact) mass is 401 g/mol. The quantitative estimate of drug-likeness (QED) is 0.257. The van der Waals surface area contributed by atoms with E-state index < -0.39 is 0 Å². The lowest BCUT2D eigenvalue weighted by Crippen LogP contribution is -2.10. The topological polar surface area (TPSA) is 40.0 Å². The van der Waals surface area contributed by atoms with Gasteiger partial charge in [0, 0.05) is 11.1 Å². The second-order valence-electron chi connectivity index (χ2n) is 6.77. The summed E-state index contributed by atoms with van der Waals surface area (Å²) in [6.45, 7) is 13.5. The van der Waals surface area contributed by atoms with Gasteiger partial charge >= 0.3 is 0 Å². The van der Waals surface area contributed by atoms with Crippen molar-refractivity contribution in [3.05, 3.63) is 33.8 Å². The zero-order chi connectivity index (χ0) is 19.7. The number of hydrogen-bond donors (Lipinski definition) is 0. The Kier molecular flexibility index (Phi) is 9.89. The molecule has 0 unspecified atom stereocenters. The van der Waals surface area contributed by atoms with E-state index in [1.165, 1.54) is 0 Å². The molecular formula is C20H29Cl2NO3. The summed E-state index contributed by atoms with van der Waals surface area (Å²) < 4.78 is 12.0. The molecule has 0 radical (unpaired) electrons. The molecule has 0 bridgehead atoms. The second-order valence-corrected chi connectivity index (χ2v) is 7.77. The van der Waals surface area contributed by atoms with Crippen LogP contribution in [0.15, 0.2) is 27.9 Å². The van der Waals surface area contributed by atoms with Crippen LogP contribution in [-0.4, -0.2) is 25.5 Å². The molecule has 0 aromatic heterocycles. The summed E-state index contributed by atoms with van der Waals surface area (Å²) in [6.07, 6.45) is 1.62. The molecule has 0 aliphatic heterocycles. The van der Waals surface area contributed by atoms with E-state index >= 15 is 0 Å². The van der Waals surface area contributed by atoms with Crippen LogP contribution >= 0.6 is 23.2 Å². The summed E-state index contributed by atoms with van der Waals surface area (Å²) >= 11 is 11.3. The first-order valence-corrected chi connectivity index (χ1v) is 9.55. The van der Waals surface area contributed by atoms with Crippen LogP contribution in [0.2, 0.25) is 0 Å². The van der Waals surface area contributed by atoms with Crippen molar-refractivity contribution in [2.75, 3.05) is 19.8 Å². The Labute approximate surface area is 167 Å². The van der Waals surface area contributed by atoms with Gasteiger partial charge < -0.3 is 14.3 Å². The van der Waals surface area contributed by atoms with Crippen LogP contribution in [0.1, 0.15) is 64.5 Å². The molecule has 0 amide bonds. The molecule has 1 aromatic carbocycles. The van der Waals surface area contributed by atoms with Crippen LogP contribution in [-0.2, 0) is 4.84 Å². The minimum absolute atomic E-state index is 0.197. The molecule has 0 aliphatic carbocycles. The summed E-state index contributed by atoms with van der Waals surface area (Å²) in [5.41, 5.74) is 3.08. The lowest BCUT2D eigenvalue weighted by atomic mass is 9.93. The molecule has 1 aromatic rings. The molecular weight excluding hydrogens is 373 g/mol. The van der Waals surface area contributed by atoms with Gasteiger partial charge in [0.2, 0.25) is 0 Å². The summed E-state index contributed by atoms with van der Waals surface area (Å²) in [5.74, 6) is 2.25. The predicted molar refractivity (Wildman–Crippen MR) is 110 cm³/mol. The third-order valence-electron chi connectivity index (χ3n) is 3.52. The lowest BCUT2D eigenvalue weighted by Gasteiger charge is -2.21. The maximum atomic E-state index is 6.07. The van der Waals surface area contributed by atoms with Gasteiger partial charge in [-0.15, -0.1) is 0 Å². The molecule has 0 saturated heterocycles. The molecule has 0 spiro atoms. The first-order valence-electron chi connectivity index (χ1n) is 8.80. The smallest absolute Gasteiger partial charge is 0.151 e. The van der Waals surface area contributed by atoms with Crippen molar-refractivity contribution in [3.8, 4) is 11.5 Å². The maximum Gasteiger partial charge on any atom is 0.151 e. The number of benzene rings is 1. The fourth-order valence-corrected chi connectivity index (χ4v) is 2.44. The summed E-state index contributed by atoms with van der Waals surface area (Å²) in [6, 6.07) is 4.02. The van der Waals surface area contributed by atoms with Crippen LogP contribution in [0.3, 0.4) is 0 Å². The molecule has 0 heterocycles. The number of halogens is 2. The van der Waals surface area contributed by atoms with Crippen molar-refractivity contribution in [2.24, 2.45) is 5.16 Å². The zero-order valence-electron chi connectivity index (χ0n) is 16.4. The zero-order valence-corrected chi connectivity index (χ0v) is 17.9. The molecule has 0 atom stereocenters. The minimum Gasteiger partial charge on any atom is -0.489 e.